The molecule has 88 valence electrons. The number of nitrogens with zero attached hydrogens (tertiary/aromatic N) is 2. The number of hydrazone groups is 1. The lowest BCUT2D eigenvalue weighted by Gasteiger charge is -2.07. The summed E-state index contributed by atoms with van der Waals surface area (Å²) in [7, 11) is 0. The summed E-state index contributed by atoms with van der Waals surface area (Å²) in [5, 5.41) is 19.6. The number of hydrogen-bond donors (Lipinski definition) is 3. The lowest BCUT2D eigenvalue weighted by molar-refractivity contribution is 1.12. The first-order valence-electron chi connectivity index (χ1n) is 4.95. The van der Waals surface area contributed by atoms with E-state index in [1.165, 1.54) is 0 Å². The van der Waals surface area contributed by atoms with Crippen LogP contribution < -0.4 is 11.2 Å². The van der Waals surface area contributed by atoms with Crippen molar-refractivity contribution in [3.8, 4) is 6.07 Å². The number of benzene rings is 1. The monoisotopic (exact) mass is 293 g/mol. The summed E-state index contributed by atoms with van der Waals surface area (Å²) in [6, 6.07) is 7.44. The number of hydrogen-bond acceptors (Lipinski definition) is 4. The van der Waals surface area contributed by atoms with E-state index in [0.717, 1.165) is 22.1 Å². The van der Waals surface area contributed by atoms with Gasteiger partial charge < -0.3 is 5.73 Å². The maximum absolute atomic E-state index is 8.70. The van der Waals surface area contributed by atoms with Gasteiger partial charge in [-0.05, 0) is 30.2 Å². The molecule has 0 bridgehead atoms. The van der Waals surface area contributed by atoms with Gasteiger partial charge in [-0.2, -0.15) is 10.4 Å². The highest BCUT2D eigenvalue weighted by molar-refractivity contribution is 9.10. The Morgan fingerprint density at radius 3 is 2.88 bits per heavy atom. The molecule has 0 spiro atoms. The molecule has 0 unspecified atom stereocenters. The minimum absolute atomic E-state index is 0.130. The number of amidine groups is 1. The second kappa shape index (κ2) is 6.01. The Morgan fingerprint density at radius 2 is 2.35 bits per heavy atom. The van der Waals surface area contributed by atoms with Gasteiger partial charge in [0.05, 0.1) is 5.69 Å². The molecule has 0 saturated carbocycles. The Hall–Kier alpha value is -1.87. The van der Waals surface area contributed by atoms with Crippen LogP contribution in [0, 0.1) is 16.7 Å². The van der Waals surface area contributed by atoms with Crippen LogP contribution in [-0.2, 0) is 6.42 Å². The number of nitrogens with one attached hydrogen (secondary N) is 2. The number of rotatable bonds is 4. The molecule has 0 atom stereocenters. The first kappa shape index (κ1) is 13.2. The summed E-state index contributed by atoms with van der Waals surface area (Å²) in [6.07, 6.45) is 0.833. The van der Waals surface area contributed by atoms with Gasteiger partial charge in [-0.3, -0.25) is 10.8 Å². The highest BCUT2D eigenvalue weighted by Crippen LogP contribution is 2.21. The van der Waals surface area contributed by atoms with Crippen molar-refractivity contribution in [1.29, 1.82) is 10.7 Å². The van der Waals surface area contributed by atoms with Crippen molar-refractivity contribution in [1.82, 2.24) is 0 Å². The maximum Gasteiger partial charge on any atom is 0.201 e. The summed E-state index contributed by atoms with van der Waals surface area (Å²) < 4.78 is 0.982. The zero-order chi connectivity index (χ0) is 12.8. The third kappa shape index (κ3) is 3.57. The minimum atomic E-state index is -0.352. The summed E-state index contributed by atoms with van der Waals surface area (Å²) >= 11 is 3.38. The van der Waals surface area contributed by atoms with Gasteiger partial charge in [-0.1, -0.05) is 22.9 Å². The fraction of sp³-hybridized carbons (Fsp3) is 0.182. The van der Waals surface area contributed by atoms with E-state index in [-0.39, 0.29) is 11.5 Å². The second-order valence-corrected chi connectivity index (χ2v) is 4.17. The van der Waals surface area contributed by atoms with Gasteiger partial charge in [0.1, 0.15) is 6.07 Å². The molecule has 0 fully saturated rings. The third-order valence-electron chi connectivity index (χ3n) is 2.10. The molecule has 1 rings (SSSR count). The largest absolute Gasteiger partial charge is 0.382 e. The van der Waals surface area contributed by atoms with Crippen LogP contribution in [0.1, 0.15) is 12.5 Å². The molecule has 0 aromatic heterocycles. The molecule has 1 aromatic rings. The zero-order valence-electron chi connectivity index (χ0n) is 9.29. The predicted molar refractivity (Wildman–Crippen MR) is 72.1 cm³/mol. The number of nitriles is 1. The van der Waals surface area contributed by atoms with Gasteiger partial charge in [0, 0.05) is 4.47 Å². The van der Waals surface area contributed by atoms with E-state index < -0.39 is 0 Å². The highest BCUT2D eigenvalue weighted by atomic mass is 79.9. The number of halogens is 1. The Labute approximate surface area is 108 Å². The summed E-state index contributed by atoms with van der Waals surface area (Å²) in [6.45, 7) is 2.02. The third-order valence-corrected chi connectivity index (χ3v) is 2.59. The molecule has 0 amide bonds. The lowest BCUT2D eigenvalue weighted by Crippen LogP contribution is -2.22. The average molecular weight is 294 g/mol. The molecule has 6 heteroatoms. The van der Waals surface area contributed by atoms with Crippen LogP contribution in [-0.4, -0.2) is 11.5 Å². The van der Waals surface area contributed by atoms with Crippen molar-refractivity contribution in [2.75, 3.05) is 5.43 Å². The summed E-state index contributed by atoms with van der Waals surface area (Å²) in [5.74, 6) is -0.352. The van der Waals surface area contributed by atoms with Gasteiger partial charge in [0.15, 0.2) is 5.84 Å². The summed E-state index contributed by atoms with van der Waals surface area (Å²) in [5.41, 5.74) is 9.66. The molecule has 0 radical (unpaired) electrons. The van der Waals surface area contributed by atoms with Crippen molar-refractivity contribution in [3.63, 3.8) is 0 Å². The van der Waals surface area contributed by atoms with E-state index >= 15 is 0 Å². The van der Waals surface area contributed by atoms with Crippen molar-refractivity contribution < 1.29 is 0 Å². The van der Waals surface area contributed by atoms with Crippen molar-refractivity contribution in [2.24, 2.45) is 10.8 Å². The first-order chi connectivity index (χ1) is 8.08. The van der Waals surface area contributed by atoms with E-state index in [1.807, 2.05) is 25.1 Å². The fourth-order valence-corrected chi connectivity index (χ4v) is 1.63. The van der Waals surface area contributed by atoms with Gasteiger partial charge >= 0.3 is 0 Å². The van der Waals surface area contributed by atoms with Crippen LogP contribution in [0.3, 0.4) is 0 Å². The normalized spacial score (nSPS) is 10.8. The van der Waals surface area contributed by atoms with Crippen LogP contribution in [0.5, 0.6) is 0 Å². The zero-order valence-corrected chi connectivity index (χ0v) is 10.9. The van der Waals surface area contributed by atoms with Gasteiger partial charge in [0.2, 0.25) is 5.71 Å². The molecule has 4 N–H and O–H groups in total. The average Bonchev–Trinajstić information content (AvgIpc) is 2.31. The smallest absolute Gasteiger partial charge is 0.201 e. The van der Waals surface area contributed by atoms with Crippen LogP contribution in [0.25, 0.3) is 0 Å². The predicted octanol–water partition coefficient (Wildman–Crippen LogP) is 2.24. The van der Waals surface area contributed by atoms with Crippen molar-refractivity contribution in [2.45, 2.75) is 13.3 Å². The highest BCUT2D eigenvalue weighted by Gasteiger charge is 2.03. The Balaban J connectivity index is 2.97. The molecule has 0 heterocycles. The van der Waals surface area contributed by atoms with E-state index in [2.05, 4.69) is 26.5 Å². The second-order valence-electron chi connectivity index (χ2n) is 3.25. The Bertz CT molecular complexity index is 501. The van der Waals surface area contributed by atoms with Gasteiger partial charge in [-0.25, -0.2) is 0 Å². The van der Waals surface area contributed by atoms with Crippen LogP contribution in [0.2, 0.25) is 0 Å². The Morgan fingerprint density at radius 1 is 1.65 bits per heavy atom. The molecule has 0 aliphatic rings. The van der Waals surface area contributed by atoms with E-state index in [4.69, 9.17) is 16.4 Å². The quantitative estimate of drug-likeness (QED) is 0.451. The fourth-order valence-electron chi connectivity index (χ4n) is 1.23. The molecule has 0 aliphatic heterocycles. The number of nitrogens with two attached hydrogens (primary N) is 1. The van der Waals surface area contributed by atoms with E-state index in [0.29, 0.717) is 0 Å². The molecule has 0 aliphatic carbocycles. The molecule has 5 nitrogen and oxygen atoms in total. The van der Waals surface area contributed by atoms with Crippen molar-refractivity contribution in [3.05, 3.63) is 28.2 Å². The number of aryl methyl sites for hydroxylation is 1. The molecule has 1 aromatic carbocycles. The standard InChI is InChI=1S/C11H12BrN5/c1-2-7-5-8(12)3-4-9(7)16-17-10(6-13)11(14)15/h3-5,16H,2H2,1H3,(H3,14,15)/b17-10+. The van der Waals surface area contributed by atoms with Crippen LogP contribution in [0.4, 0.5) is 5.69 Å². The number of anilines is 1. The summed E-state index contributed by atoms with van der Waals surface area (Å²) in [4.78, 5) is 0. The van der Waals surface area contributed by atoms with Gasteiger partial charge in [-0.15, -0.1) is 0 Å². The maximum atomic E-state index is 8.70. The van der Waals surface area contributed by atoms with E-state index in [9.17, 15) is 0 Å². The lowest BCUT2D eigenvalue weighted by atomic mass is 10.1. The minimum Gasteiger partial charge on any atom is -0.382 e. The SMILES string of the molecule is CCc1cc(Br)ccc1N/N=C(\C#N)C(=N)N. The molecule has 17 heavy (non-hydrogen) atoms. The first-order valence-corrected chi connectivity index (χ1v) is 5.74. The van der Waals surface area contributed by atoms with E-state index in [1.54, 1.807) is 6.07 Å². The molecular formula is C11H12BrN5. The van der Waals surface area contributed by atoms with Crippen molar-refractivity contribution >= 4 is 33.2 Å². The van der Waals surface area contributed by atoms with Crippen LogP contribution >= 0.6 is 15.9 Å². The Kier molecular flexibility index (Phi) is 4.67. The molecule has 0 saturated heterocycles. The molecular weight excluding hydrogens is 282 g/mol. The topological polar surface area (TPSA) is 98.0 Å². The van der Waals surface area contributed by atoms with Gasteiger partial charge in [0.25, 0.3) is 0 Å². The van der Waals surface area contributed by atoms with Crippen LogP contribution in [0.15, 0.2) is 27.8 Å².